The number of nitrogens with one attached hydrogen (secondary N) is 1. The van der Waals surface area contributed by atoms with Crippen molar-refractivity contribution in [1.82, 2.24) is 0 Å². The summed E-state index contributed by atoms with van der Waals surface area (Å²) in [6, 6.07) is 10.6. The monoisotopic (exact) mass is 327 g/mol. The van der Waals surface area contributed by atoms with Crippen molar-refractivity contribution in [3.63, 3.8) is 0 Å². The summed E-state index contributed by atoms with van der Waals surface area (Å²) in [6.45, 7) is 2.44. The average molecular weight is 329 g/mol. The Balaban J connectivity index is 2.14. The van der Waals surface area contributed by atoms with Crippen LogP contribution in [0.3, 0.4) is 0 Å². The minimum Gasteiger partial charge on any atom is -0.381 e. The fraction of sp³-hybridized carbons (Fsp3) is 0.143. The molecule has 0 aromatic heterocycles. The van der Waals surface area contributed by atoms with Gasteiger partial charge < -0.3 is 5.32 Å². The van der Waals surface area contributed by atoms with Gasteiger partial charge in [-0.3, -0.25) is 0 Å². The van der Waals surface area contributed by atoms with Crippen LogP contribution in [0.15, 0.2) is 40.9 Å². The summed E-state index contributed by atoms with van der Waals surface area (Å²) in [4.78, 5) is 0. The van der Waals surface area contributed by atoms with Crippen molar-refractivity contribution in [3.05, 3.63) is 62.8 Å². The Kier molecular flexibility index (Phi) is 4.25. The summed E-state index contributed by atoms with van der Waals surface area (Å²) >= 11 is 9.18. The lowest BCUT2D eigenvalue weighted by atomic mass is 10.1. The van der Waals surface area contributed by atoms with Gasteiger partial charge in [0.1, 0.15) is 5.82 Å². The van der Waals surface area contributed by atoms with Gasteiger partial charge >= 0.3 is 0 Å². The molecule has 2 aromatic carbocycles. The molecule has 0 heterocycles. The molecule has 2 rings (SSSR count). The van der Waals surface area contributed by atoms with Crippen LogP contribution in [0.2, 0.25) is 5.02 Å². The zero-order valence-electron chi connectivity index (χ0n) is 9.81. The smallest absolute Gasteiger partial charge is 0.129 e. The van der Waals surface area contributed by atoms with Crippen LogP contribution in [0.25, 0.3) is 0 Å². The molecular formula is C14H12BrClFN. The number of hydrogen-bond donors (Lipinski definition) is 1. The molecule has 1 N–H and O–H groups in total. The first kappa shape index (κ1) is 13.4. The molecule has 1 nitrogen and oxygen atoms in total. The normalized spacial score (nSPS) is 10.4. The number of benzene rings is 2. The predicted octanol–water partition coefficient (Wildman–Crippen LogP) is 5.16. The summed E-state index contributed by atoms with van der Waals surface area (Å²) in [5.74, 6) is -0.289. The van der Waals surface area contributed by atoms with E-state index in [9.17, 15) is 4.39 Å². The van der Waals surface area contributed by atoms with Crippen LogP contribution < -0.4 is 5.32 Å². The second-order valence-corrected chi connectivity index (χ2v) is 5.29. The Labute approximate surface area is 119 Å². The minimum atomic E-state index is -0.289. The Morgan fingerprint density at radius 3 is 2.78 bits per heavy atom. The summed E-state index contributed by atoms with van der Waals surface area (Å²) in [5.41, 5.74) is 2.68. The van der Waals surface area contributed by atoms with E-state index < -0.39 is 0 Å². The van der Waals surface area contributed by atoms with Gasteiger partial charge in [-0.1, -0.05) is 39.7 Å². The van der Waals surface area contributed by atoms with E-state index in [2.05, 4.69) is 21.2 Å². The van der Waals surface area contributed by atoms with Gasteiger partial charge in [0.05, 0.1) is 0 Å². The third-order valence-corrected chi connectivity index (χ3v) is 3.85. The molecular weight excluding hydrogens is 317 g/mol. The maximum Gasteiger partial charge on any atom is 0.129 e. The van der Waals surface area contributed by atoms with Crippen molar-refractivity contribution in [1.29, 1.82) is 0 Å². The second kappa shape index (κ2) is 5.72. The van der Waals surface area contributed by atoms with Crippen LogP contribution in [0.4, 0.5) is 10.1 Å². The largest absolute Gasteiger partial charge is 0.381 e. The Morgan fingerprint density at radius 1 is 1.28 bits per heavy atom. The average Bonchev–Trinajstić information content (AvgIpc) is 2.33. The molecule has 94 valence electrons. The van der Waals surface area contributed by atoms with Crippen molar-refractivity contribution in [2.24, 2.45) is 0 Å². The summed E-state index contributed by atoms with van der Waals surface area (Å²) < 4.78 is 14.6. The van der Waals surface area contributed by atoms with E-state index >= 15 is 0 Å². The van der Waals surface area contributed by atoms with Gasteiger partial charge in [-0.25, -0.2) is 4.39 Å². The molecule has 18 heavy (non-hydrogen) atoms. The lowest BCUT2D eigenvalue weighted by Crippen LogP contribution is -2.03. The molecule has 0 fully saturated rings. The quantitative estimate of drug-likeness (QED) is 0.820. The highest BCUT2D eigenvalue weighted by molar-refractivity contribution is 9.10. The molecule has 0 saturated carbocycles. The lowest BCUT2D eigenvalue weighted by molar-refractivity contribution is 0.613. The van der Waals surface area contributed by atoms with E-state index in [0.717, 1.165) is 15.7 Å². The summed E-state index contributed by atoms with van der Waals surface area (Å²) in [6.07, 6.45) is 0. The highest BCUT2D eigenvalue weighted by atomic mass is 79.9. The van der Waals surface area contributed by atoms with Gasteiger partial charge in [-0.2, -0.15) is 0 Å². The van der Waals surface area contributed by atoms with E-state index in [4.69, 9.17) is 11.6 Å². The molecule has 0 unspecified atom stereocenters. The molecule has 0 bridgehead atoms. The second-order valence-electron chi connectivity index (χ2n) is 4.00. The molecule has 0 spiro atoms. The molecule has 0 amide bonds. The van der Waals surface area contributed by atoms with Gasteiger partial charge in [0.2, 0.25) is 0 Å². The van der Waals surface area contributed by atoms with Crippen LogP contribution in [0.5, 0.6) is 0 Å². The Hall–Kier alpha value is -1.06. The van der Waals surface area contributed by atoms with Gasteiger partial charge in [0, 0.05) is 27.3 Å². The fourth-order valence-electron chi connectivity index (χ4n) is 1.65. The Bertz CT molecular complexity index is 572. The van der Waals surface area contributed by atoms with Gasteiger partial charge in [-0.05, 0) is 36.8 Å². The van der Waals surface area contributed by atoms with E-state index in [1.807, 2.05) is 25.1 Å². The van der Waals surface area contributed by atoms with Crippen molar-refractivity contribution in [3.8, 4) is 0 Å². The van der Waals surface area contributed by atoms with Crippen molar-refractivity contribution in [2.45, 2.75) is 13.5 Å². The molecule has 4 heteroatoms. The van der Waals surface area contributed by atoms with Gasteiger partial charge in [0.15, 0.2) is 0 Å². The zero-order chi connectivity index (χ0) is 13.1. The number of rotatable bonds is 3. The van der Waals surface area contributed by atoms with Crippen molar-refractivity contribution in [2.75, 3.05) is 5.32 Å². The van der Waals surface area contributed by atoms with Crippen LogP contribution in [-0.2, 0) is 6.54 Å². The number of hydrogen-bond acceptors (Lipinski definition) is 1. The highest BCUT2D eigenvalue weighted by Crippen LogP contribution is 2.24. The Morgan fingerprint density at radius 2 is 2.06 bits per heavy atom. The lowest BCUT2D eigenvalue weighted by Gasteiger charge is -2.11. The highest BCUT2D eigenvalue weighted by Gasteiger charge is 2.05. The molecule has 2 aromatic rings. The minimum absolute atomic E-state index is 0.289. The van der Waals surface area contributed by atoms with E-state index in [1.165, 1.54) is 6.07 Å². The standard InChI is InChI=1S/C14H12BrClFN/c1-9-12(15)3-2-4-14(9)18-8-10-5-6-11(16)7-13(10)17/h2-7,18H,8H2,1H3. The van der Waals surface area contributed by atoms with Crippen molar-refractivity contribution < 1.29 is 4.39 Å². The molecule has 0 saturated heterocycles. The molecule has 0 aliphatic rings. The van der Waals surface area contributed by atoms with E-state index in [0.29, 0.717) is 17.1 Å². The predicted molar refractivity (Wildman–Crippen MR) is 77.6 cm³/mol. The first-order chi connectivity index (χ1) is 8.58. The third-order valence-electron chi connectivity index (χ3n) is 2.75. The zero-order valence-corrected chi connectivity index (χ0v) is 12.1. The molecule has 0 atom stereocenters. The maximum atomic E-state index is 13.6. The summed E-state index contributed by atoms with van der Waals surface area (Å²) in [7, 11) is 0. The SMILES string of the molecule is Cc1c(Br)cccc1NCc1ccc(Cl)cc1F. The third kappa shape index (κ3) is 3.03. The van der Waals surface area contributed by atoms with Gasteiger partial charge in [0.25, 0.3) is 0 Å². The molecule has 0 radical (unpaired) electrons. The molecule has 0 aliphatic heterocycles. The first-order valence-electron chi connectivity index (χ1n) is 5.51. The number of halogens is 3. The van der Waals surface area contributed by atoms with Crippen LogP contribution in [0, 0.1) is 12.7 Å². The number of anilines is 1. The molecule has 0 aliphatic carbocycles. The van der Waals surface area contributed by atoms with Crippen molar-refractivity contribution >= 4 is 33.2 Å². The van der Waals surface area contributed by atoms with Crippen LogP contribution in [0.1, 0.15) is 11.1 Å². The fourth-order valence-corrected chi connectivity index (χ4v) is 2.18. The first-order valence-corrected chi connectivity index (χ1v) is 6.68. The van der Waals surface area contributed by atoms with Crippen LogP contribution in [-0.4, -0.2) is 0 Å². The van der Waals surface area contributed by atoms with E-state index in [1.54, 1.807) is 12.1 Å². The topological polar surface area (TPSA) is 12.0 Å². The van der Waals surface area contributed by atoms with Gasteiger partial charge in [-0.15, -0.1) is 0 Å². The summed E-state index contributed by atoms with van der Waals surface area (Å²) in [5, 5.41) is 3.63. The maximum absolute atomic E-state index is 13.6. The van der Waals surface area contributed by atoms with Crippen LogP contribution >= 0.6 is 27.5 Å². The van der Waals surface area contributed by atoms with E-state index in [-0.39, 0.29) is 5.82 Å².